The molecule has 86 valence electrons. The maximum atomic E-state index is 11.8. The summed E-state index contributed by atoms with van der Waals surface area (Å²) in [7, 11) is 0. The third-order valence-electron chi connectivity index (χ3n) is 2.52. The van der Waals surface area contributed by atoms with Gasteiger partial charge in [-0.3, -0.25) is 4.79 Å². The van der Waals surface area contributed by atoms with Gasteiger partial charge in [0.15, 0.2) is 11.6 Å². The number of rotatable bonds is 2. The second-order valence-corrected chi connectivity index (χ2v) is 3.78. The van der Waals surface area contributed by atoms with Gasteiger partial charge in [0.1, 0.15) is 5.54 Å². The Morgan fingerprint density at radius 3 is 3.12 bits per heavy atom. The molecule has 0 aliphatic carbocycles. The number of carbonyl (C=O) groups excluding carboxylic acids is 1. The molecule has 1 unspecified atom stereocenters. The fourth-order valence-corrected chi connectivity index (χ4v) is 1.48. The smallest absolute Gasteiger partial charge is 0.248 e. The van der Waals surface area contributed by atoms with Gasteiger partial charge in [0, 0.05) is 12.8 Å². The normalized spacial score (nSPS) is 24.3. The van der Waals surface area contributed by atoms with Gasteiger partial charge in [0.25, 0.3) is 0 Å². The molecule has 1 atom stereocenters. The van der Waals surface area contributed by atoms with Crippen LogP contribution in [0.4, 0.5) is 5.82 Å². The average Bonchev–Trinajstić information content (AvgIpc) is 2.70. The van der Waals surface area contributed by atoms with Crippen molar-refractivity contribution in [1.29, 1.82) is 0 Å². The number of ether oxygens (including phenoxy) is 1. The van der Waals surface area contributed by atoms with Crippen LogP contribution in [0.15, 0.2) is 18.3 Å². The molecule has 0 saturated carbocycles. The first-order valence-electron chi connectivity index (χ1n) is 4.94. The summed E-state index contributed by atoms with van der Waals surface area (Å²) in [4.78, 5) is 15.7. The summed E-state index contributed by atoms with van der Waals surface area (Å²) in [5.74, 6) is -0.360. The molecule has 1 aliphatic rings. The summed E-state index contributed by atoms with van der Waals surface area (Å²) in [6.07, 6.45) is 1.94. The quantitative estimate of drug-likeness (QED) is 0.647. The molecule has 2 heterocycles. The lowest BCUT2D eigenvalue weighted by Crippen LogP contribution is -2.51. The van der Waals surface area contributed by atoms with Crippen molar-refractivity contribution >= 4 is 11.7 Å². The number of hydrogen-bond acceptors (Lipinski definition) is 5. The summed E-state index contributed by atoms with van der Waals surface area (Å²) < 4.78 is 5.08. The van der Waals surface area contributed by atoms with E-state index >= 15 is 0 Å². The molecule has 1 aromatic heterocycles. The van der Waals surface area contributed by atoms with Crippen LogP contribution in [-0.2, 0) is 9.53 Å². The molecule has 6 nitrogen and oxygen atoms in total. The van der Waals surface area contributed by atoms with Crippen LogP contribution in [-0.4, -0.2) is 34.8 Å². The highest BCUT2D eigenvalue weighted by molar-refractivity contribution is 5.98. The highest BCUT2D eigenvalue weighted by Gasteiger charge is 2.38. The molecule has 1 aliphatic heterocycles. The number of amides is 1. The molecular weight excluding hydrogens is 210 g/mol. The summed E-state index contributed by atoms with van der Waals surface area (Å²) in [5.41, 5.74) is 4.83. The van der Waals surface area contributed by atoms with Crippen molar-refractivity contribution in [3.63, 3.8) is 0 Å². The van der Waals surface area contributed by atoms with E-state index in [-0.39, 0.29) is 24.1 Å². The average molecular weight is 223 g/mol. The van der Waals surface area contributed by atoms with Gasteiger partial charge in [0.2, 0.25) is 5.91 Å². The van der Waals surface area contributed by atoms with Crippen LogP contribution in [0.25, 0.3) is 0 Å². The molecule has 0 bridgehead atoms. The van der Waals surface area contributed by atoms with Crippen LogP contribution in [0.1, 0.15) is 6.42 Å². The zero-order valence-electron chi connectivity index (χ0n) is 8.64. The van der Waals surface area contributed by atoms with Crippen molar-refractivity contribution in [2.45, 2.75) is 12.0 Å². The number of nitrogens with one attached hydrogen (secondary N) is 1. The molecule has 0 radical (unpaired) electrons. The molecule has 0 spiro atoms. The van der Waals surface area contributed by atoms with E-state index in [4.69, 9.17) is 10.5 Å². The number of carbonyl (C=O) groups is 1. The van der Waals surface area contributed by atoms with Gasteiger partial charge in [0.05, 0.1) is 6.61 Å². The van der Waals surface area contributed by atoms with Crippen molar-refractivity contribution in [3.05, 3.63) is 18.3 Å². The minimum absolute atomic E-state index is 0.0848. The largest absolute Gasteiger partial charge is 0.504 e. The van der Waals surface area contributed by atoms with E-state index in [9.17, 15) is 9.90 Å². The zero-order valence-corrected chi connectivity index (χ0v) is 8.64. The Hall–Kier alpha value is -1.66. The van der Waals surface area contributed by atoms with Crippen molar-refractivity contribution in [2.24, 2.45) is 5.73 Å². The van der Waals surface area contributed by atoms with Crippen LogP contribution < -0.4 is 11.1 Å². The molecule has 1 saturated heterocycles. The van der Waals surface area contributed by atoms with E-state index < -0.39 is 5.54 Å². The molecule has 2 rings (SSSR count). The summed E-state index contributed by atoms with van der Waals surface area (Å²) in [5, 5.41) is 11.9. The van der Waals surface area contributed by atoms with Crippen LogP contribution in [0.3, 0.4) is 0 Å². The van der Waals surface area contributed by atoms with Crippen LogP contribution >= 0.6 is 0 Å². The van der Waals surface area contributed by atoms with Crippen LogP contribution in [0, 0.1) is 0 Å². The Balaban J connectivity index is 2.10. The highest BCUT2D eigenvalue weighted by Crippen LogP contribution is 2.22. The number of anilines is 1. The third-order valence-corrected chi connectivity index (χ3v) is 2.52. The molecular formula is C10H13N3O3. The summed E-state index contributed by atoms with van der Waals surface area (Å²) >= 11 is 0. The molecule has 6 heteroatoms. The highest BCUT2D eigenvalue weighted by atomic mass is 16.5. The lowest BCUT2D eigenvalue weighted by molar-refractivity contribution is -0.121. The van der Waals surface area contributed by atoms with E-state index in [1.807, 2.05) is 0 Å². The van der Waals surface area contributed by atoms with Crippen LogP contribution in [0.5, 0.6) is 5.75 Å². The first-order chi connectivity index (χ1) is 7.62. The fraction of sp³-hybridized carbons (Fsp3) is 0.400. The van der Waals surface area contributed by atoms with Gasteiger partial charge in [-0.25, -0.2) is 4.98 Å². The van der Waals surface area contributed by atoms with Gasteiger partial charge in [-0.1, -0.05) is 0 Å². The van der Waals surface area contributed by atoms with Crippen molar-refractivity contribution in [2.75, 3.05) is 18.5 Å². The molecule has 16 heavy (non-hydrogen) atoms. The van der Waals surface area contributed by atoms with Gasteiger partial charge < -0.3 is 20.9 Å². The fourth-order valence-electron chi connectivity index (χ4n) is 1.48. The van der Waals surface area contributed by atoms with Gasteiger partial charge in [-0.05, 0) is 18.6 Å². The SMILES string of the molecule is NC1(C(=O)Nc2ncccc2O)CCOC1. The Labute approximate surface area is 92.4 Å². The standard InChI is InChI=1S/C10H13N3O3/c11-10(3-5-16-6-10)9(15)13-8-7(14)2-1-4-12-8/h1-2,4,14H,3,5-6,11H2,(H,12,13,15). The predicted octanol–water partition coefficient (Wildman–Crippen LogP) is -0.157. The number of pyridine rings is 1. The van der Waals surface area contributed by atoms with Gasteiger partial charge in [-0.15, -0.1) is 0 Å². The predicted molar refractivity (Wildman–Crippen MR) is 56.9 cm³/mol. The Kier molecular flexibility index (Phi) is 2.76. The second-order valence-electron chi connectivity index (χ2n) is 3.78. The third kappa shape index (κ3) is 1.98. The first kappa shape index (κ1) is 10.8. The Morgan fingerprint density at radius 1 is 1.69 bits per heavy atom. The topological polar surface area (TPSA) is 97.5 Å². The van der Waals surface area contributed by atoms with E-state index in [2.05, 4.69) is 10.3 Å². The minimum Gasteiger partial charge on any atom is -0.504 e. The van der Waals surface area contributed by atoms with E-state index in [1.165, 1.54) is 12.3 Å². The number of nitrogens with zero attached hydrogens (tertiary/aromatic N) is 1. The lowest BCUT2D eigenvalue weighted by atomic mass is 9.99. The molecule has 1 fully saturated rings. The Morgan fingerprint density at radius 2 is 2.50 bits per heavy atom. The maximum absolute atomic E-state index is 11.8. The molecule has 1 aromatic rings. The zero-order chi connectivity index (χ0) is 11.6. The van der Waals surface area contributed by atoms with Gasteiger partial charge in [-0.2, -0.15) is 0 Å². The molecule has 0 aromatic carbocycles. The van der Waals surface area contributed by atoms with E-state index in [1.54, 1.807) is 6.07 Å². The monoisotopic (exact) mass is 223 g/mol. The van der Waals surface area contributed by atoms with Crippen molar-refractivity contribution in [3.8, 4) is 5.75 Å². The first-order valence-corrected chi connectivity index (χ1v) is 4.94. The summed E-state index contributed by atoms with van der Waals surface area (Å²) in [6.45, 7) is 0.657. The number of nitrogens with two attached hydrogens (primary N) is 1. The summed E-state index contributed by atoms with van der Waals surface area (Å²) in [6, 6.07) is 3.01. The second kappa shape index (κ2) is 4.07. The van der Waals surface area contributed by atoms with Crippen molar-refractivity contribution in [1.82, 2.24) is 4.98 Å². The number of hydrogen-bond donors (Lipinski definition) is 3. The Bertz CT molecular complexity index is 402. The molecule has 4 N–H and O–H groups in total. The lowest BCUT2D eigenvalue weighted by Gasteiger charge is -2.20. The minimum atomic E-state index is -1.02. The number of aromatic nitrogens is 1. The molecule has 1 amide bonds. The maximum Gasteiger partial charge on any atom is 0.248 e. The van der Waals surface area contributed by atoms with Crippen LogP contribution in [0.2, 0.25) is 0 Å². The van der Waals surface area contributed by atoms with Gasteiger partial charge >= 0.3 is 0 Å². The number of aromatic hydroxyl groups is 1. The van der Waals surface area contributed by atoms with E-state index in [0.717, 1.165) is 0 Å². The van der Waals surface area contributed by atoms with E-state index in [0.29, 0.717) is 13.0 Å². The van der Waals surface area contributed by atoms with Crippen molar-refractivity contribution < 1.29 is 14.6 Å².